The molecule has 1 aliphatic heterocycles. The molecular formula is C39H38N4OPt. The van der Waals surface area contributed by atoms with Crippen molar-refractivity contribution < 1.29 is 25.8 Å². The third-order valence-electron chi connectivity index (χ3n) is 8.53. The van der Waals surface area contributed by atoms with Gasteiger partial charge in [-0.15, -0.1) is 35.2 Å². The number of fused-ring (bicyclic) bond motifs is 4. The maximum Gasteiger partial charge on any atom is 2.00 e. The van der Waals surface area contributed by atoms with E-state index in [0.717, 1.165) is 40.0 Å². The Bertz CT molecular complexity index is 2030. The fraction of sp³-hybridized carbons (Fsp3) is 0.256. The zero-order valence-corrected chi connectivity index (χ0v) is 29.2. The summed E-state index contributed by atoms with van der Waals surface area (Å²) in [6, 6.07) is 36.9. The van der Waals surface area contributed by atoms with E-state index < -0.39 is 0 Å². The molecule has 6 heteroatoms. The molecule has 0 saturated carbocycles. The van der Waals surface area contributed by atoms with Gasteiger partial charge in [0.15, 0.2) is 0 Å². The van der Waals surface area contributed by atoms with E-state index in [-0.39, 0.29) is 31.9 Å². The first-order valence-electron chi connectivity index (χ1n) is 15.2. The van der Waals surface area contributed by atoms with Gasteiger partial charge in [0, 0.05) is 30.3 Å². The second-order valence-electron chi connectivity index (χ2n) is 13.8. The molecule has 0 radical (unpaired) electrons. The van der Waals surface area contributed by atoms with Gasteiger partial charge in [-0.25, -0.2) is 4.98 Å². The quantitative estimate of drug-likeness (QED) is 0.167. The second kappa shape index (κ2) is 11.4. The van der Waals surface area contributed by atoms with E-state index in [1.54, 1.807) is 0 Å². The van der Waals surface area contributed by atoms with Crippen molar-refractivity contribution in [3.05, 3.63) is 114 Å². The van der Waals surface area contributed by atoms with Gasteiger partial charge < -0.3 is 19.1 Å². The van der Waals surface area contributed by atoms with Crippen LogP contribution in [0.4, 0.5) is 17.1 Å². The van der Waals surface area contributed by atoms with Crippen LogP contribution in [-0.2, 0) is 31.9 Å². The molecular weight excluding hydrogens is 736 g/mol. The van der Waals surface area contributed by atoms with Gasteiger partial charge in [0.2, 0.25) is 0 Å². The number of pyridine rings is 1. The third-order valence-corrected chi connectivity index (χ3v) is 8.53. The molecule has 0 amide bonds. The van der Waals surface area contributed by atoms with Crippen molar-refractivity contribution in [1.82, 2.24) is 9.55 Å². The summed E-state index contributed by atoms with van der Waals surface area (Å²) in [5.41, 5.74) is 7.84. The van der Waals surface area contributed by atoms with E-state index in [9.17, 15) is 0 Å². The largest absolute Gasteiger partial charge is 2.00 e. The Labute approximate surface area is 280 Å². The van der Waals surface area contributed by atoms with Crippen LogP contribution in [0.25, 0.3) is 27.6 Å². The minimum atomic E-state index is -0.0684. The van der Waals surface area contributed by atoms with Gasteiger partial charge in [-0.1, -0.05) is 88.5 Å². The first kappa shape index (κ1) is 30.9. The third kappa shape index (κ3) is 5.53. The number of hydrogen-bond donors (Lipinski definition) is 0. The molecule has 0 fully saturated rings. The van der Waals surface area contributed by atoms with Crippen molar-refractivity contribution in [2.45, 2.75) is 52.4 Å². The maximum absolute atomic E-state index is 6.55. The van der Waals surface area contributed by atoms with Crippen molar-refractivity contribution in [2.75, 3.05) is 23.5 Å². The number of nitrogens with zero attached hydrogens (tertiary/aromatic N) is 4. The summed E-state index contributed by atoms with van der Waals surface area (Å²) in [5.74, 6) is 2.17. The number of anilines is 3. The minimum Gasteiger partial charge on any atom is -0.509 e. The molecule has 4 aromatic carbocycles. The van der Waals surface area contributed by atoms with Crippen LogP contribution in [0.2, 0.25) is 0 Å². The Morgan fingerprint density at radius 3 is 2.18 bits per heavy atom. The Morgan fingerprint density at radius 1 is 0.733 bits per heavy atom. The first-order chi connectivity index (χ1) is 21.0. The SMILES string of the molecule is CN1CN(c2[c-]c(Oc3[c-]c4c(cc3)c3ccccc3n4-c3cc(C(C)(C)C)ccn3)ccc2C(C)(C)C)c2ccccc21.[Pt+2]. The van der Waals surface area contributed by atoms with Crippen LogP contribution in [0, 0.1) is 12.1 Å². The van der Waals surface area contributed by atoms with E-state index in [0.29, 0.717) is 11.5 Å². The zero-order chi connectivity index (χ0) is 30.8. The molecule has 0 atom stereocenters. The molecule has 0 saturated heterocycles. The molecule has 0 unspecified atom stereocenters. The normalized spacial score (nSPS) is 13.3. The van der Waals surface area contributed by atoms with Crippen LogP contribution in [-0.4, -0.2) is 23.3 Å². The molecule has 7 rings (SSSR count). The van der Waals surface area contributed by atoms with Gasteiger partial charge in [-0.2, -0.15) is 12.1 Å². The van der Waals surface area contributed by atoms with Crippen LogP contribution in [0.5, 0.6) is 11.5 Å². The van der Waals surface area contributed by atoms with Crippen LogP contribution in [0.1, 0.15) is 52.7 Å². The van der Waals surface area contributed by atoms with Gasteiger partial charge in [0.1, 0.15) is 5.82 Å². The van der Waals surface area contributed by atoms with Crippen LogP contribution >= 0.6 is 0 Å². The summed E-state index contributed by atoms with van der Waals surface area (Å²) in [4.78, 5) is 9.41. The molecule has 0 spiro atoms. The number of aromatic nitrogens is 2. The first-order valence-corrected chi connectivity index (χ1v) is 15.2. The van der Waals surface area contributed by atoms with E-state index >= 15 is 0 Å². The van der Waals surface area contributed by atoms with Crippen molar-refractivity contribution in [2.24, 2.45) is 0 Å². The summed E-state index contributed by atoms with van der Waals surface area (Å²) < 4.78 is 8.74. The summed E-state index contributed by atoms with van der Waals surface area (Å²) in [6.07, 6.45) is 1.90. The summed E-state index contributed by atoms with van der Waals surface area (Å²) in [7, 11) is 2.13. The number of hydrogen-bond acceptors (Lipinski definition) is 4. The minimum absolute atomic E-state index is 0. The maximum atomic E-state index is 6.55. The molecule has 0 aliphatic carbocycles. The molecule has 0 N–H and O–H groups in total. The zero-order valence-electron chi connectivity index (χ0n) is 26.9. The summed E-state index contributed by atoms with van der Waals surface area (Å²) in [6.45, 7) is 14.2. The van der Waals surface area contributed by atoms with Crippen molar-refractivity contribution in [1.29, 1.82) is 0 Å². The predicted octanol–water partition coefficient (Wildman–Crippen LogP) is 9.71. The molecule has 3 heterocycles. The smallest absolute Gasteiger partial charge is 0.509 e. The number of para-hydroxylation sites is 3. The molecule has 230 valence electrons. The molecule has 2 aromatic heterocycles. The van der Waals surface area contributed by atoms with E-state index in [4.69, 9.17) is 9.72 Å². The van der Waals surface area contributed by atoms with Crippen LogP contribution < -0.4 is 14.5 Å². The van der Waals surface area contributed by atoms with Crippen molar-refractivity contribution >= 4 is 38.9 Å². The molecule has 0 bridgehead atoms. The molecule has 45 heavy (non-hydrogen) atoms. The average Bonchev–Trinajstić information content (AvgIpc) is 3.50. The average molecular weight is 774 g/mol. The Kier molecular flexibility index (Phi) is 7.81. The van der Waals surface area contributed by atoms with Crippen molar-refractivity contribution in [3.63, 3.8) is 0 Å². The van der Waals surface area contributed by atoms with Gasteiger partial charge in [0.25, 0.3) is 0 Å². The molecule has 1 aliphatic rings. The van der Waals surface area contributed by atoms with Crippen LogP contribution in [0.15, 0.2) is 91.1 Å². The molecule has 6 aromatic rings. The second-order valence-corrected chi connectivity index (χ2v) is 13.8. The Hall–Kier alpha value is -4.08. The number of benzene rings is 4. The fourth-order valence-corrected chi connectivity index (χ4v) is 6.21. The van der Waals surface area contributed by atoms with E-state index in [1.807, 2.05) is 18.3 Å². The van der Waals surface area contributed by atoms with Crippen molar-refractivity contribution in [3.8, 4) is 17.3 Å². The van der Waals surface area contributed by atoms with Gasteiger partial charge in [0.05, 0.1) is 18.0 Å². The standard InChI is InChI=1S/C39H38N4O.Pt/c1-38(2,3)26-20-21-40-37(22-26)43-32-13-9-8-12-29(32)30-18-16-27(23-35(30)43)44-28-17-19-31(39(4,5)6)36(24-28)42-25-41(7)33-14-10-11-15-34(33)42;/h8-22H,25H2,1-7H3;/q-2;+2. The predicted molar refractivity (Wildman–Crippen MR) is 182 cm³/mol. The van der Waals surface area contributed by atoms with Gasteiger partial charge in [-0.05, 0) is 46.7 Å². The Morgan fingerprint density at radius 2 is 1.42 bits per heavy atom. The Balaban J connectivity index is 0.00000357. The summed E-state index contributed by atoms with van der Waals surface area (Å²) in [5, 5.41) is 2.27. The number of ether oxygens (including phenoxy) is 1. The fourth-order valence-electron chi connectivity index (χ4n) is 6.21. The molecule has 5 nitrogen and oxygen atoms in total. The topological polar surface area (TPSA) is 33.5 Å². The van der Waals surface area contributed by atoms with E-state index in [2.05, 4.69) is 148 Å². The van der Waals surface area contributed by atoms with Gasteiger partial charge >= 0.3 is 21.1 Å². The monoisotopic (exact) mass is 773 g/mol. The summed E-state index contributed by atoms with van der Waals surface area (Å²) >= 11 is 0. The van der Waals surface area contributed by atoms with E-state index in [1.165, 1.54) is 22.5 Å². The number of rotatable bonds is 4. The van der Waals surface area contributed by atoms with Crippen LogP contribution in [0.3, 0.4) is 0 Å². The van der Waals surface area contributed by atoms with Gasteiger partial charge in [-0.3, -0.25) is 0 Å².